The number of hydrogen-bond donors (Lipinski definition) is 1. The lowest BCUT2D eigenvalue weighted by atomic mass is 10.3. The van der Waals surface area contributed by atoms with E-state index in [1.807, 2.05) is 0 Å². The molecule has 4 rings (SSSR count). The Bertz CT molecular complexity index is 1530. The summed E-state index contributed by atoms with van der Waals surface area (Å²) in [6, 6.07) is 18.2. The summed E-state index contributed by atoms with van der Waals surface area (Å²) in [5.74, 6) is 0.388. The summed E-state index contributed by atoms with van der Waals surface area (Å²) in [7, 11) is -6.15. The molecule has 0 aliphatic carbocycles. The van der Waals surface area contributed by atoms with Crippen LogP contribution in [0.25, 0.3) is 0 Å². The van der Waals surface area contributed by atoms with Crippen LogP contribution in [0.2, 0.25) is 5.02 Å². The second kappa shape index (κ2) is 12.9. The number of halogens is 1. The van der Waals surface area contributed by atoms with E-state index in [1.54, 1.807) is 30.3 Å². The number of sulfonamides is 2. The first kappa shape index (κ1) is 29.7. The van der Waals surface area contributed by atoms with Gasteiger partial charge in [-0.15, -0.1) is 0 Å². The number of hydrogen-bond acceptors (Lipinski definition) is 7. The second-order valence-corrected chi connectivity index (χ2v) is 13.2. The van der Waals surface area contributed by atoms with Crippen molar-refractivity contribution in [3.8, 4) is 11.5 Å². The number of carbonyl (C=O) groups excluding carboxylic acids is 1. The van der Waals surface area contributed by atoms with Gasteiger partial charge in [0, 0.05) is 18.1 Å². The minimum atomic E-state index is -4.11. The number of amides is 1. The molecule has 0 spiro atoms. The van der Waals surface area contributed by atoms with Crippen LogP contribution < -0.4 is 19.1 Å². The Balaban J connectivity index is 1.36. The average Bonchev–Trinajstić information content (AvgIpc) is 3.51. The van der Waals surface area contributed by atoms with Crippen LogP contribution in [0.15, 0.2) is 82.6 Å². The lowest BCUT2D eigenvalue weighted by Gasteiger charge is -2.24. The molecule has 10 nitrogen and oxygen atoms in total. The Morgan fingerprint density at radius 1 is 0.925 bits per heavy atom. The van der Waals surface area contributed by atoms with E-state index in [4.69, 9.17) is 21.1 Å². The highest BCUT2D eigenvalue weighted by Crippen LogP contribution is 2.27. The number of benzene rings is 3. The summed E-state index contributed by atoms with van der Waals surface area (Å²) in [6.45, 7) is 0.746. The summed E-state index contributed by atoms with van der Waals surface area (Å²) in [5.41, 5.74) is 0.235. The van der Waals surface area contributed by atoms with Gasteiger partial charge in [0.25, 0.3) is 10.0 Å². The van der Waals surface area contributed by atoms with Gasteiger partial charge in [0.1, 0.15) is 24.7 Å². The second-order valence-electron chi connectivity index (χ2n) is 8.95. The maximum Gasteiger partial charge on any atom is 0.264 e. The zero-order valence-corrected chi connectivity index (χ0v) is 24.2. The van der Waals surface area contributed by atoms with Gasteiger partial charge in [-0.25, -0.2) is 16.8 Å². The van der Waals surface area contributed by atoms with Crippen LogP contribution in [0.5, 0.6) is 11.5 Å². The summed E-state index contributed by atoms with van der Waals surface area (Å²) in [5, 5.41) is 2.98. The quantitative estimate of drug-likeness (QED) is 0.313. The molecule has 0 radical (unpaired) electrons. The van der Waals surface area contributed by atoms with Gasteiger partial charge in [-0.3, -0.25) is 9.10 Å². The Morgan fingerprint density at radius 2 is 1.55 bits per heavy atom. The third-order valence-electron chi connectivity index (χ3n) is 6.25. The predicted molar refractivity (Wildman–Crippen MR) is 152 cm³/mol. The fraction of sp³-hybridized carbons (Fsp3) is 0.296. The van der Waals surface area contributed by atoms with Gasteiger partial charge in [-0.05, 0) is 79.6 Å². The highest BCUT2D eigenvalue weighted by Gasteiger charge is 2.28. The molecule has 1 saturated heterocycles. The molecule has 13 heteroatoms. The molecular formula is C27H30ClN3O7S2. The zero-order chi connectivity index (χ0) is 28.8. The summed E-state index contributed by atoms with van der Waals surface area (Å²) in [6.07, 6.45) is 1.72. The van der Waals surface area contributed by atoms with Crippen LogP contribution in [-0.2, 0) is 24.8 Å². The average molecular weight is 608 g/mol. The molecule has 214 valence electrons. The SMILES string of the molecule is COc1ccc(S(=O)(=O)N(CC(=O)NCCOc2ccc(S(=O)(=O)N3CCCC3)cc2)c2cccc(Cl)c2)cc1. The number of rotatable bonds is 12. The van der Waals surface area contributed by atoms with E-state index in [9.17, 15) is 21.6 Å². The number of nitrogens with zero attached hydrogens (tertiary/aromatic N) is 2. The summed E-state index contributed by atoms with van der Waals surface area (Å²) < 4.78 is 65.4. The van der Waals surface area contributed by atoms with Crippen molar-refractivity contribution in [1.82, 2.24) is 9.62 Å². The van der Waals surface area contributed by atoms with Crippen LogP contribution in [-0.4, -0.2) is 66.9 Å². The van der Waals surface area contributed by atoms with E-state index < -0.39 is 32.5 Å². The minimum Gasteiger partial charge on any atom is -0.497 e. The third kappa shape index (κ3) is 7.05. The van der Waals surface area contributed by atoms with E-state index in [0.717, 1.165) is 17.1 Å². The van der Waals surface area contributed by atoms with Crippen molar-refractivity contribution in [3.05, 3.63) is 77.8 Å². The Kier molecular flexibility index (Phi) is 9.56. The van der Waals surface area contributed by atoms with Gasteiger partial charge < -0.3 is 14.8 Å². The van der Waals surface area contributed by atoms with Crippen molar-refractivity contribution >= 4 is 43.2 Å². The Labute approximate surface area is 239 Å². The van der Waals surface area contributed by atoms with Gasteiger partial charge in [-0.1, -0.05) is 17.7 Å². The molecule has 1 fully saturated rings. The lowest BCUT2D eigenvalue weighted by Crippen LogP contribution is -2.41. The summed E-state index contributed by atoms with van der Waals surface area (Å²) in [4.78, 5) is 13.0. The first-order valence-corrected chi connectivity index (χ1v) is 15.8. The molecule has 1 aliphatic heterocycles. The number of ether oxygens (including phenoxy) is 2. The van der Waals surface area contributed by atoms with Crippen LogP contribution in [0.4, 0.5) is 5.69 Å². The van der Waals surface area contributed by atoms with Crippen molar-refractivity contribution < 1.29 is 31.1 Å². The molecule has 3 aromatic rings. The number of carbonyl (C=O) groups is 1. The standard InChI is InChI=1S/C27H30ClN3O7S2/c1-37-23-7-11-26(12-8-23)40(35,36)31(22-6-4-5-21(28)19-22)20-27(32)29-15-18-38-24-9-13-25(14-10-24)39(33,34)30-16-2-3-17-30/h4-14,19H,2-3,15-18,20H2,1H3,(H,29,32). The first-order valence-electron chi connectivity index (χ1n) is 12.5. The Morgan fingerprint density at radius 3 is 2.17 bits per heavy atom. The van der Waals surface area contributed by atoms with Crippen molar-refractivity contribution in [2.24, 2.45) is 0 Å². The molecule has 40 heavy (non-hydrogen) atoms. The monoisotopic (exact) mass is 607 g/mol. The van der Waals surface area contributed by atoms with Gasteiger partial charge in [0.05, 0.1) is 29.1 Å². The van der Waals surface area contributed by atoms with Crippen LogP contribution in [0.3, 0.4) is 0 Å². The normalized spacial score (nSPS) is 14.1. The van der Waals surface area contributed by atoms with Crippen molar-refractivity contribution in [2.75, 3.05) is 44.2 Å². The molecule has 1 N–H and O–H groups in total. The Hall–Kier alpha value is -3.32. The van der Waals surface area contributed by atoms with Gasteiger partial charge in [0.15, 0.2) is 0 Å². The van der Waals surface area contributed by atoms with Gasteiger partial charge in [-0.2, -0.15) is 4.31 Å². The first-order chi connectivity index (χ1) is 19.1. The van der Waals surface area contributed by atoms with Crippen LogP contribution in [0, 0.1) is 0 Å². The smallest absolute Gasteiger partial charge is 0.264 e. The topological polar surface area (TPSA) is 122 Å². The van der Waals surface area contributed by atoms with E-state index in [1.165, 1.54) is 53.9 Å². The molecule has 1 amide bonds. The molecule has 0 bridgehead atoms. The third-order valence-corrected chi connectivity index (χ3v) is 10.2. The molecule has 0 saturated carbocycles. The molecular weight excluding hydrogens is 578 g/mol. The molecule has 0 atom stereocenters. The highest BCUT2D eigenvalue weighted by molar-refractivity contribution is 7.92. The number of anilines is 1. The fourth-order valence-corrected chi connectivity index (χ4v) is 7.27. The van der Waals surface area contributed by atoms with Crippen LogP contribution >= 0.6 is 11.6 Å². The van der Waals surface area contributed by atoms with Gasteiger partial charge >= 0.3 is 0 Å². The van der Waals surface area contributed by atoms with Crippen molar-refractivity contribution in [1.29, 1.82) is 0 Å². The maximum absolute atomic E-state index is 13.5. The molecule has 1 heterocycles. The zero-order valence-electron chi connectivity index (χ0n) is 21.8. The van der Waals surface area contributed by atoms with Crippen LogP contribution in [0.1, 0.15) is 12.8 Å². The summed E-state index contributed by atoms with van der Waals surface area (Å²) >= 11 is 6.10. The van der Waals surface area contributed by atoms with Gasteiger partial charge in [0.2, 0.25) is 15.9 Å². The van der Waals surface area contributed by atoms with E-state index in [2.05, 4.69) is 5.32 Å². The maximum atomic E-state index is 13.5. The molecule has 0 unspecified atom stereocenters. The minimum absolute atomic E-state index is 0.0143. The van der Waals surface area contributed by atoms with E-state index in [0.29, 0.717) is 29.6 Å². The number of methoxy groups -OCH3 is 1. The number of nitrogens with one attached hydrogen (secondary N) is 1. The largest absolute Gasteiger partial charge is 0.497 e. The highest BCUT2D eigenvalue weighted by atomic mass is 35.5. The molecule has 3 aromatic carbocycles. The van der Waals surface area contributed by atoms with E-state index in [-0.39, 0.29) is 28.6 Å². The predicted octanol–water partition coefficient (Wildman–Crippen LogP) is 3.52. The van der Waals surface area contributed by atoms with E-state index >= 15 is 0 Å². The van der Waals surface area contributed by atoms with Crippen molar-refractivity contribution in [2.45, 2.75) is 22.6 Å². The molecule has 0 aromatic heterocycles. The fourth-order valence-electron chi connectivity index (χ4n) is 4.15. The lowest BCUT2D eigenvalue weighted by molar-refractivity contribution is -0.119. The van der Waals surface area contributed by atoms with Crippen molar-refractivity contribution in [3.63, 3.8) is 0 Å². The molecule has 1 aliphatic rings.